The van der Waals surface area contributed by atoms with Gasteiger partial charge in [-0.3, -0.25) is 14.7 Å². The molecule has 1 unspecified atom stereocenters. The molecule has 2 fully saturated rings. The quantitative estimate of drug-likeness (QED) is 0.816. The summed E-state index contributed by atoms with van der Waals surface area (Å²) in [5, 5.41) is 10.1. The SMILES string of the molecule is CCC1OC2(CCN(C(=O)c3n[nH]c(C(C)C)c3Br)CC2)NC1=O. The van der Waals surface area contributed by atoms with Crippen LogP contribution in [0.1, 0.15) is 62.1 Å². The Morgan fingerprint density at radius 2 is 2.12 bits per heavy atom. The Hall–Kier alpha value is -1.41. The molecule has 0 saturated carbocycles. The van der Waals surface area contributed by atoms with Crippen molar-refractivity contribution in [2.24, 2.45) is 0 Å². The first-order valence-corrected chi connectivity index (χ1v) is 9.19. The van der Waals surface area contributed by atoms with Gasteiger partial charge in [0.2, 0.25) is 0 Å². The van der Waals surface area contributed by atoms with Crippen LogP contribution in [0, 0.1) is 0 Å². The van der Waals surface area contributed by atoms with Crippen molar-refractivity contribution in [2.75, 3.05) is 13.1 Å². The van der Waals surface area contributed by atoms with E-state index in [9.17, 15) is 9.59 Å². The van der Waals surface area contributed by atoms with Crippen LogP contribution in [-0.2, 0) is 9.53 Å². The molecule has 3 rings (SSSR count). The highest BCUT2D eigenvalue weighted by Crippen LogP contribution is 2.32. The normalized spacial score (nSPS) is 23.1. The highest BCUT2D eigenvalue weighted by Gasteiger charge is 2.47. The van der Waals surface area contributed by atoms with Crippen molar-refractivity contribution < 1.29 is 14.3 Å². The number of rotatable bonds is 3. The van der Waals surface area contributed by atoms with Gasteiger partial charge in [-0.2, -0.15) is 5.10 Å². The molecule has 1 aromatic heterocycles. The van der Waals surface area contributed by atoms with Crippen molar-refractivity contribution in [1.82, 2.24) is 20.4 Å². The number of likely N-dealkylation sites (tertiary alicyclic amines) is 1. The molecule has 2 aliphatic rings. The van der Waals surface area contributed by atoms with Gasteiger partial charge in [0.15, 0.2) is 5.69 Å². The minimum atomic E-state index is -0.611. The molecule has 2 aliphatic heterocycles. The average molecular weight is 399 g/mol. The number of aromatic amines is 1. The van der Waals surface area contributed by atoms with Crippen molar-refractivity contribution in [3.8, 4) is 0 Å². The minimum Gasteiger partial charge on any atom is -0.343 e. The van der Waals surface area contributed by atoms with Crippen LogP contribution in [0.15, 0.2) is 4.47 Å². The number of piperidine rings is 1. The number of nitrogens with zero attached hydrogens (tertiary/aromatic N) is 2. The Labute approximate surface area is 149 Å². The lowest BCUT2D eigenvalue weighted by molar-refractivity contribution is -0.124. The Morgan fingerprint density at radius 1 is 1.46 bits per heavy atom. The Bertz CT molecular complexity index is 650. The fraction of sp³-hybridized carbons (Fsp3) is 0.688. The van der Waals surface area contributed by atoms with Gasteiger partial charge in [0, 0.05) is 25.9 Å². The molecule has 0 aromatic carbocycles. The summed E-state index contributed by atoms with van der Waals surface area (Å²) in [5.41, 5.74) is 0.724. The first-order valence-electron chi connectivity index (χ1n) is 8.39. The zero-order chi connectivity index (χ0) is 17.5. The van der Waals surface area contributed by atoms with E-state index in [1.54, 1.807) is 4.90 Å². The maximum atomic E-state index is 12.7. The van der Waals surface area contributed by atoms with E-state index in [0.29, 0.717) is 38.0 Å². The number of hydrogen-bond donors (Lipinski definition) is 2. The van der Waals surface area contributed by atoms with Gasteiger partial charge in [0.25, 0.3) is 11.8 Å². The van der Waals surface area contributed by atoms with Gasteiger partial charge < -0.3 is 15.0 Å². The van der Waals surface area contributed by atoms with E-state index in [-0.39, 0.29) is 23.8 Å². The second kappa shape index (κ2) is 6.48. The van der Waals surface area contributed by atoms with Crippen LogP contribution in [0.25, 0.3) is 0 Å². The number of halogens is 1. The maximum absolute atomic E-state index is 12.7. The average Bonchev–Trinajstić information content (AvgIpc) is 3.08. The van der Waals surface area contributed by atoms with E-state index in [1.807, 2.05) is 20.8 Å². The topological polar surface area (TPSA) is 87.3 Å². The van der Waals surface area contributed by atoms with E-state index in [4.69, 9.17) is 4.74 Å². The highest BCUT2D eigenvalue weighted by molar-refractivity contribution is 9.10. The van der Waals surface area contributed by atoms with Crippen LogP contribution < -0.4 is 5.32 Å². The van der Waals surface area contributed by atoms with Gasteiger partial charge in [-0.25, -0.2) is 0 Å². The molecule has 2 saturated heterocycles. The molecular formula is C16H23BrN4O3. The zero-order valence-corrected chi connectivity index (χ0v) is 15.8. The maximum Gasteiger partial charge on any atom is 0.275 e. The smallest absolute Gasteiger partial charge is 0.275 e. The van der Waals surface area contributed by atoms with Crippen LogP contribution >= 0.6 is 15.9 Å². The number of nitrogens with one attached hydrogen (secondary N) is 2. The fourth-order valence-electron chi connectivity index (χ4n) is 3.26. The Kier molecular flexibility index (Phi) is 4.70. The summed E-state index contributed by atoms with van der Waals surface area (Å²) in [6.07, 6.45) is 1.48. The second-order valence-corrected chi connectivity index (χ2v) is 7.54. The van der Waals surface area contributed by atoms with Crippen LogP contribution in [0.3, 0.4) is 0 Å². The van der Waals surface area contributed by atoms with Crippen LogP contribution in [-0.4, -0.2) is 51.8 Å². The first kappa shape index (κ1) is 17.4. The highest BCUT2D eigenvalue weighted by atomic mass is 79.9. The molecular weight excluding hydrogens is 376 g/mol. The molecule has 0 bridgehead atoms. The van der Waals surface area contributed by atoms with Gasteiger partial charge in [-0.1, -0.05) is 20.8 Å². The molecule has 3 heterocycles. The van der Waals surface area contributed by atoms with Gasteiger partial charge in [0.1, 0.15) is 11.8 Å². The van der Waals surface area contributed by atoms with E-state index < -0.39 is 5.72 Å². The minimum absolute atomic E-state index is 0.0473. The van der Waals surface area contributed by atoms with Crippen molar-refractivity contribution in [3.05, 3.63) is 15.9 Å². The number of aromatic nitrogens is 2. The third kappa shape index (κ3) is 2.97. The van der Waals surface area contributed by atoms with E-state index in [1.165, 1.54) is 0 Å². The molecule has 8 heteroatoms. The molecule has 132 valence electrons. The molecule has 1 spiro atoms. The monoisotopic (exact) mass is 398 g/mol. The first-order chi connectivity index (χ1) is 11.4. The summed E-state index contributed by atoms with van der Waals surface area (Å²) in [5.74, 6) is 0.108. The van der Waals surface area contributed by atoms with E-state index in [0.717, 1.165) is 10.2 Å². The van der Waals surface area contributed by atoms with Crippen LogP contribution in [0.2, 0.25) is 0 Å². The zero-order valence-electron chi connectivity index (χ0n) is 14.2. The van der Waals surface area contributed by atoms with Gasteiger partial charge in [-0.05, 0) is 28.3 Å². The summed E-state index contributed by atoms with van der Waals surface area (Å²) in [7, 11) is 0. The van der Waals surface area contributed by atoms with Gasteiger partial charge >= 0.3 is 0 Å². The van der Waals surface area contributed by atoms with Gasteiger partial charge in [0.05, 0.1) is 10.2 Å². The number of ether oxygens (including phenoxy) is 1. The molecule has 7 nitrogen and oxygen atoms in total. The number of hydrogen-bond acceptors (Lipinski definition) is 4. The number of amides is 2. The standard InChI is InChI=1S/C16H23BrN4O3/c1-4-10-14(22)18-16(24-10)5-7-21(8-6-16)15(23)13-11(17)12(9(2)3)19-20-13/h9-10H,4-8H2,1-3H3,(H,18,22)(H,19,20). The molecule has 2 N–H and O–H groups in total. The van der Waals surface area contributed by atoms with Crippen LogP contribution in [0.4, 0.5) is 0 Å². The summed E-state index contributed by atoms with van der Waals surface area (Å²) in [4.78, 5) is 26.4. The molecule has 0 radical (unpaired) electrons. The number of H-pyrrole nitrogens is 1. The Morgan fingerprint density at radius 3 is 2.62 bits per heavy atom. The van der Waals surface area contributed by atoms with Crippen molar-refractivity contribution in [3.63, 3.8) is 0 Å². The lowest BCUT2D eigenvalue weighted by atomic mass is 10.0. The summed E-state index contributed by atoms with van der Waals surface area (Å²) >= 11 is 3.48. The van der Waals surface area contributed by atoms with Crippen LogP contribution in [0.5, 0.6) is 0 Å². The fourth-order valence-corrected chi connectivity index (χ4v) is 4.06. The van der Waals surface area contributed by atoms with Crippen molar-refractivity contribution in [2.45, 2.75) is 57.8 Å². The molecule has 24 heavy (non-hydrogen) atoms. The largest absolute Gasteiger partial charge is 0.343 e. The third-order valence-corrected chi connectivity index (χ3v) is 5.56. The summed E-state index contributed by atoms with van der Waals surface area (Å²) < 4.78 is 6.65. The molecule has 1 atom stereocenters. The Balaban J connectivity index is 1.67. The van der Waals surface area contributed by atoms with Crippen molar-refractivity contribution >= 4 is 27.7 Å². The third-order valence-electron chi connectivity index (χ3n) is 4.75. The second-order valence-electron chi connectivity index (χ2n) is 6.75. The van der Waals surface area contributed by atoms with E-state index >= 15 is 0 Å². The summed E-state index contributed by atoms with van der Waals surface area (Å²) in [6, 6.07) is 0. The van der Waals surface area contributed by atoms with Crippen molar-refractivity contribution in [1.29, 1.82) is 0 Å². The lowest BCUT2D eigenvalue weighted by Gasteiger charge is -2.38. The summed E-state index contributed by atoms with van der Waals surface area (Å²) in [6.45, 7) is 7.09. The predicted molar refractivity (Wildman–Crippen MR) is 91.6 cm³/mol. The number of carbonyl (C=O) groups excluding carboxylic acids is 2. The molecule has 1 aromatic rings. The van der Waals surface area contributed by atoms with Gasteiger partial charge in [-0.15, -0.1) is 0 Å². The number of carbonyl (C=O) groups is 2. The molecule has 0 aliphatic carbocycles. The predicted octanol–water partition coefficient (Wildman–Crippen LogP) is 2.15. The van der Waals surface area contributed by atoms with E-state index in [2.05, 4.69) is 31.4 Å². The lowest BCUT2D eigenvalue weighted by Crippen LogP contribution is -2.53. The molecule has 2 amide bonds.